The van der Waals surface area contributed by atoms with Crippen LogP contribution in [-0.4, -0.2) is 4.92 Å². The van der Waals surface area contributed by atoms with Crippen molar-refractivity contribution in [3.63, 3.8) is 0 Å². The van der Waals surface area contributed by atoms with Crippen LogP contribution in [0.25, 0.3) is 10.4 Å². The van der Waals surface area contributed by atoms with Gasteiger partial charge in [-0.3, -0.25) is 10.1 Å². The maximum absolute atomic E-state index is 10.8. The van der Waals surface area contributed by atoms with Gasteiger partial charge in [-0.2, -0.15) is 0 Å². The molecule has 2 rings (SSSR count). The Labute approximate surface area is 110 Å². The van der Waals surface area contributed by atoms with Crippen LogP contribution >= 0.6 is 11.3 Å². The summed E-state index contributed by atoms with van der Waals surface area (Å²) in [4.78, 5) is 12.8. The maximum Gasteiger partial charge on any atom is 0.270 e. The lowest BCUT2D eigenvalue weighted by Crippen LogP contribution is -2.07. The first kappa shape index (κ1) is 12.8. The van der Waals surface area contributed by atoms with Crippen molar-refractivity contribution in [2.75, 3.05) is 0 Å². The Kier molecular flexibility index (Phi) is 3.22. The summed E-state index contributed by atoms with van der Waals surface area (Å²) in [5.41, 5.74) is 1.16. The van der Waals surface area contributed by atoms with E-state index in [0.29, 0.717) is 0 Å². The van der Waals surface area contributed by atoms with Gasteiger partial charge in [-0.1, -0.05) is 32.9 Å². The molecule has 0 N–H and O–H groups in total. The van der Waals surface area contributed by atoms with E-state index in [2.05, 4.69) is 26.8 Å². The van der Waals surface area contributed by atoms with E-state index >= 15 is 0 Å². The largest absolute Gasteiger partial charge is 0.270 e. The summed E-state index contributed by atoms with van der Waals surface area (Å²) in [7, 11) is 0. The Morgan fingerprint density at radius 2 is 1.89 bits per heavy atom. The summed E-state index contributed by atoms with van der Waals surface area (Å²) >= 11 is 1.69. The summed E-state index contributed by atoms with van der Waals surface area (Å²) in [5.74, 6) is 0. The van der Waals surface area contributed by atoms with E-state index in [-0.39, 0.29) is 16.0 Å². The zero-order valence-corrected chi connectivity index (χ0v) is 11.5. The molecule has 94 valence electrons. The predicted octanol–water partition coefficient (Wildman–Crippen LogP) is 4.62. The molecule has 4 heteroatoms. The quantitative estimate of drug-likeness (QED) is 0.584. The molecule has 0 radical (unpaired) electrons. The molecule has 0 aliphatic rings. The average molecular weight is 261 g/mol. The van der Waals surface area contributed by atoms with Crippen molar-refractivity contribution in [3.05, 3.63) is 51.4 Å². The van der Waals surface area contributed by atoms with Crippen molar-refractivity contribution in [3.8, 4) is 10.4 Å². The van der Waals surface area contributed by atoms with E-state index in [0.717, 1.165) is 10.4 Å². The predicted molar refractivity (Wildman–Crippen MR) is 75.1 cm³/mol. The standard InChI is InChI=1S/C14H15NO2S/c1-14(2,3)13-8-7-12(18-13)10-5-4-6-11(9-10)15(16)17/h4-9H,1-3H3. The normalized spacial score (nSPS) is 11.5. The van der Waals surface area contributed by atoms with Gasteiger partial charge >= 0.3 is 0 Å². The lowest BCUT2D eigenvalue weighted by Gasteiger charge is -2.15. The third-order valence-electron chi connectivity index (χ3n) is 2.69. The second-order valence-corrected chi connectivity index (χ2v) is 6.31. The number of hydrogen-bond acceptors (Lipinski definition) is 3. The third kappa shape index (κ3) is 2.59. The van der Waals surface area contributed by atoms with Crippen LogP contribution in [0.5, 0.6) is 0 Å². The van der Waals surface area contributed by atoms with E-state index in [9.17, 15) is 10.1 Å². The summed E-state index contributed by atoms with van der Waals surface area (Å²) < 4.78 is 0. The number of non-ortho nitro benzene ring substituents is 1. The SMILES string of the molecule is CC(C)(C)c1ccc(-c2cccc([N+](=O)[O-])c2)s1. The number of nitro groups is 1. The third-order valence-corrected chi connectivity index (χ3v) is 4.25. The molecule has 1 heterocycles. The maximum atomic E-state index is 10.8. The highest BCUT2D eigenvalue weighted by Crippen LogP contribution is 2.35. The molecule has 0 unspecified atom stereocenters. The van der Waals surface area contributed by atoms with Crippen molar-refractivity contribution in [1.82, 2.24) is 0 Å². The van der Waals surface area contributed by atoms with Crippen LogP contribution in [0.15, 0.2) is 36.4 Å². The Balaban J connectivity index is 2.40. The van der Waals surface area contributed by atoms with Crippen molar-refractivity contribution in [2.24, 2.45) is 0 Å². The van der Waals surface area contributed by atoms with Gasteiger partial charge in [-0.05, 0) is 23.1 Å². The summed E-state index contributed by atoms with van der Waals surface area (Å²) in [6.07, 6.45) is 0. The molecule has 2 aromatic rings. The summed E-state index contributed by atoms with van der Waals surface area (Å²) in [6.45, 7) is 6.49. The van der Waals surface area contributed by atoms with Gasteiger partial charge in [-0.25, -0.2) is 0 Å². The van der Waals surface area contributed by atoms with E-state index in [1.165, 1.54) is 10.9 Å². The van der Waals surface area contributed by atoms with Crippen LogP contribution < -0.4 is 0 Å². The van der Waals surface area contributed by atoms with Gasteiger partial charge in [0.15, 0.2) is 0 Å². The molecule has 0 fully saturated rings. The van der Waals surface area contributed by atoms with Gasteiger partial charge in [0.25, 0.3) is 5.69 Å². The fourth-order valence-corrected chi connectivity index (χ4v) is 2.73. The first-order valence-corrected chi connectivity index (χ1v) is 6.55. The molecule has 18 heavy (non-hydrogen) atoms. The van der Waals surface area contributed by atoms with Gasteiger partial charge in [0.2, 0.25) is 0 Å². The van der Waals surface area contributed by atoms with Crippen molar-refractivity contribution in [2.45, 2.75) is 26.2 Å². The zero-order chi connectivity index (χ0) is 13.3. The highest BCUT2D eigenvalue weighted by molar-refractivity contribution is 7.15. The van der Waals surface area contributed by atoms with Crippen molar-refractivity contribution < 1.29 is 4.92 Å². The van der Waals surface area contributed by atoms with E-state index in [4.69, 9.17) is 0 Å². The van der Waals surface area contributed by atoms with Gasteiger partial charge in [0.05, 0.1) is 4.92 Å². The number of benzene rings is 1. The van der Waals surface area contributed by atoms with Gasteiger partial charge in [-0.15, -0.1) is 11.3 Å². The molecule has 0 amide bonds. The zero-order valence-electron chi connectivity index (χ0n) is 10.6. The Morgan fingerprint density at radius 3 is 2.44 bits per heavy atom. The van der Waals surface area contributed by atoms with Crippen LogP contribution in [-0.2, 0) is 5.41 Å². The first-order chi connectivity index (χ1) is 8.38. The molecule has 0 saturated heterocycles. The molecule has 1 aromatic carbocycles. The van der Waals surface area contributed by atoms with Crippen molar-refractivity contribution in [1.29, 1.82) is 0 Å². The minimum Gasteiger partial charge on any atom is -0.258 e. The molecule has 0 spiro atoms. The molecule has 0 bridgehead atoms. The molecular formula is C14H15NO2S. The fraction of sp³-hybridized carbons (Fsp3) is 0.286. The van der Waals surface area contributed by atoms with Crippen molar-refractivity contribution >= 4 is 17.0 Å². The van der Waals surface area contributed by atoms with E-state index in [1.807, 2.05) is 12.1 Å². The Bertz CT molecular complexity index is 581. The number of nitro benzene ring substituents is 1. The van der Waals surface area contributed by atoms with Crippen LogP contribution in [0.4, 0.5) is 5.69 Å². The minimum absolute atomic E-state index is 0.115. The van der Waals surface area contributed by atoms with Crippen LogP contribution in [0, 0.1) is 10.1 Å². The number of nitrogens with zero attached hydrogens (tertiary/aromatic N) is 1. The Morgan fingerprint density at radius 1 is 1.17 bits per heavy atom. The highest BCUT2D eigenvalue weighted by atomic mass is 32.1. The van der Waals surface area contributed by atoms with Gasteiger partial charge < -0.3 is 0 Å². The smallest absolute Gasteiger partial charge is 0.258 e. The van der Waals surface area contributed by atoms with Crippen LogP contribution in [0.2, 0.25) is 0 Å². The fourth-order valence-electron chi connectivity index (χ4n) is 1.67. The van der Waals surface area contributed by atoms with Crippen LogP contribution in [0.3, 0.4) is 0 Å². The molecule has 0 atom stereocenters. The lowest BCUT2D eigenvalue weighted by molar-refractivity contribution is -0.384. The Hall–Kier alpha value is -1.68. The van der Waals surface area contributed by atoms with Crippen LogP contribution in [0.1, 0.15) is 25.6 Å². The minimum atomic E-state index is -0.359. The molecule has 0 saturated carbocycles. The molecule has 3 nitrogen and oxygen atoms in total. The van der Waals surface area contributed by atoms with Gasteiger partial charge in [0, 0.05) is 21.9 Å². The first-order valence-electron chi connectivity index (χ1n) is 5.73. The molecule has 0 aliphatic carbocycles. The number of hydrogen-bond donors (Lipinski definition) is 0. The molecular weight excluding hydrogens is 246 g/mol. The number of thiophene rings is 1. The lowest BCUT2D eigenvalue weighted by atomic mass is 9.95. The van der Waals surface area contributed by atoms with Gasteiger partial charge in [0.1, 0.15) is 0 Å². The summed E-state index contributed by atoms with van der Waals surface area (Å²) in [6, 6.07) is 10.9. The highest BCUT2D eigenvalue weighted by Gasteiger charge is 2.17. The second-order valence-electron chi connectivity index (χ2n) is 5.22. The summed E-state index contributed by atoms with van der Waals surface area (Å²) in [5, 5.41) is 10.8. The monoisotopic (exact) mass is 261 g/mol. The molecule has 0 aliphatic heterocycles. The second kappa shape index (κ2) is 4.53. The number of rotatable bonds is 2. The topological polar surface area (TPSA) is 43.1 Å². The molecule has 1 aromatic heterocycles. The average Bonchev–Trinajstić information content (AvgIpc) is 2.78. The van der Waals surface area contributed by atoms with E-state index in [1.54, 1.807) is 23.5 Å². The van der Waals surface area contributed by atoms with E-state index < -0.39 is 0 Å².